The van der Waals surface area contributed by atoms with Gasteiger partial charge >= 0.3 is 0 Å². The largest absolute Gasteiger partial charge is 0.456 e. The molecule has 0 radical (unpaired) electrons. The summed E-state index contributed by atoms with van der Waals surface area (Å²) in [4.78, 5) is 4.71. The number of rotatable bonds is 2. The van der Waals surface area contributed by atoms with Crippen molar-refractivity contribution in [1.29, 1.82) is 0 Å². The summed E-state index contributed by atoms with van der Waals surface area (Å²) < 4.78 is 13.4. The Labute approximate surface area is 248 Å². The van der Waals surface area contributed by atoms with Crippen LogP contribution in [-0.4, -0.2) is 6.71 Å². The molecule has 0 saturated carbocycles. The predicted molar refractivity (Wildman–Crippen MR) is 178 cm³/mol. The monoisotopic (exact) mass is 550 g/mol. The van der Waals surface area contributed by atoms with Gasteiger partial charge in [0.05, 0.1) is 5.39 Å². The van der Waals surface area contributed by atoms with Crippen molar-refractivity contribution in [2.75, 3.05) is 9.80 Å². The van der Waals surface area contributed by atoms with Crippen molar-refractivity contribution in [3.8, 4) is 0 Å². The van der Waals surface area contributed by atoms with Gasteiger partial charge in [-0.25, -0.2) is 0 Å². The zero-order valence-corrected chi connectivity index (χ0v) is 23.1. The van der Waals surface area contributed by atoms with Gasteiger partial charge in [0, 0.05) is 44.7 Å². The lowest BCUT2D eigenvalue weighted by molar-refractivity contribution is 0.625. The van der Waals surface area contributed by atoms with Crippen molar-refractivity contribution >= 4 is 90.3 Å². The first kappa shape index (κ1) is 22.9. The molecule has 0 bridgehead atoms. The Morgan fingerprint density at radius 1 is 0.442 bits per heavy atom. The maximum absolute atomic E-state index is 7.07. The highest BCUT2D eigenvalue weighted by Crippen LogP contribution is 2.46. The van der Waals surface area contributed by atoms with Crippen LogP contribution in [0.3, 0.4) is 0 Å². The fourth-order valence-electron chi connectivity index (χ4n) is 7.36. The number of furan rings is 2. The van der Waals surface area contributed by atoms with Crippen molar-refractivity contribution in [2.24, 2.45) is 0 Å². The number of nitrogens with zero attached hydrogens (tertiary/aromatic N) is 2. The average molecular weight is 550 g/mol. The van der Waals surface area contributed by atoms with E-state index in [0.717, 1.165) is 55.9 Å². The summed E-state index contributed by atoms with van der Waals surface area (Å²) >= 11 is 0. The van der Waals surface area contributed by atoms with Crippen molar-refractivity contribution in [1.82, 2.24) is 0 Å². The van der Waals surface area contributed by atoms with Gasteiger partial charge in [-0.3, -0.25) is 4.90 Å². The summed E-state index contributed by atoms with van der Waals surface area (Å²) in [5, 5.41) is 3.20. The predicted octanol–water partition coefficient (Wildman–Crippen LogP) is 8.41. The van der Waals surface area contributed by atoms with Gasteiger partial charge in [-0.05, 0) is 71.6 Å². The van der Waals surface area contributed by atoms with Crippen LogP contribution < -0.4 is 26.2 Å². The Morgan fingerprint density at radius 2 is 1.09 bits per heavy atom. The number of benzene rings is 6. The fourth-order valence-corrected chi connectivity index (χ4v) is 7.36. The van der Waals surface area contributed by atoms with E-state index < -0.39 is 0 Å². The standard InChI is InChI=1S/C38H23BN2O2/c1-3-12-24(13-4-1)40-29-18-9-8-17-28(29)39-35-27-22-23-33-34(26-16-7-10-21-32(26)42-33)37(27)43-38(35)41(25-14-5-2-6-15-25)31-20-11-19-30(40)36(31)39/h1-23H. The molecule has 200 valence electrons. The minimum Gasteiger partial charge on any atom is -0.456 e. The van der Waals surface area contributed by atoms with E-state index in [1.165, 1.54) is 27.8 Å². The first-order valence-electron chi connectivity index (χ1n) is 14.7. The molecule has 5 heteroatoms. The third kappa shape index (κ3) is 3.01. The molecule has 0 atom stereocenters. The second kappa shape index (κ2) is 8.43. The van der Waals surface area contributed by atoms with Crippen molar-refractivity contribution < 1.29 is 8.83 Å². The Hall–Kier alpha value is -5.68. The molecule has 0 fully saturated rings. The lowest BCUT2D eigenvalue weighted by Crippen LogP contribution is -2.61. The van der Waals surface area contributed by atoms with Crippen molar-refractivity contribution in [2.45, 2.75) is 0 Å². The molecule has 2 aliphatic heterocycles. The molecule has 0 N–H and O–H groups in total. The highest BCUT2D eigenvalue weighted by molar-refractivity contribution is 7.01. The Kier molecular flexibility index (Phi) is 4.50. The molecule has 10 rings (SSSR count). The third-order valence-corrected chi connectivity index (χ3v) is 9.05. The molecule has 8 aromatic rings. The van der Waals surface area contributed by atoms with Gasteiger partial charge in [-0.15, -0.1) is 0 Å². The molecular weight excluding hydrogens is 527 g/mol. The van der Waals surface area contributed by atoms with Crippen molar-refractivity contribution in [3.05, 3.63) is 140 Å². The minimum absolute atomic E-state index is 0.00538. The molecule has 43 heavy (non-hydrogen) atoms. The van der Waals surface area contributed by atoms with Crippen LogP contribution in [0.25, 0.3) is 32.9 Å². The molecular formula is C38H23BN2O2. The van der Waals surface area contributed by atoms with Crippen LogP contribution in [0, 0.1) is 0 Å². The van der Waals surface area contributed by atoms with Crippen LogP contribution in [0.5, 0.6) is 0 Å². The van der Waals surface area contributed by atoms with Crippen LogP contribution in [0.1, 0.15) is 0 Å². The van der Waals surface area contributed by atoms with Gasteiger partial charge < -0.3 is 13.7 Å². The molecule has 0 saturated heterocycles. The van der Waals surface area contributed by atoms with Crippen LogP contribution >= 0.6 is 0 Å². The van der Waals surface area contributed by atoms with E-state index in [4.69, 9.17) is 8.83 Å². The molecule has 2 aliphatic rings. The Balaban J connectivity index is 1.36. The van der Waals surface area contributed by atoms with E-state index in [9.17, 15) is 0 Å². The Morgan fingerprint density at radius 3 is 1.91 bits per heavy atom. The summed E-state index contributed by atoms with van der Waals surface area (Å²) in [5.41, 5.74) is 12.0. The van der Waals surface area contributed by atoms with Crippen LogP contribution in [0.4, 0.5) is 34.3 Å². The Bertz CT molecular complexity index is 2380. The van der Waals surface area contributed by atoms with Crippen LogP contribution in [0.15, 0.2) is 148 Å². The molecule has 2 aromatic heterocycles. The first-order chi connectivity index (χ1) is 21.4. The number of hydrogen-bond donors (Lipinski definition) is 0. The van der Waals surface area contributed by atoms with Gasteiger partial charge in [0.25, 0.3) is 6.71 Å². The molecule has 4 nitrogen and oxygen atoms in total. The van der Waals surface area contributed by atoms with Gasteiger partial charge in [0.15, 0.2) is 0 Å². The zero-order chi connectivity index (χ0) is 28.1. The van der Waals surface area contributed by atoms with E-state index >= 15 is 0 Å². The summed E-state index contributed by atoms with van der Waals surface area (Å²) in [6, 6.07) is 49.2. The van der Waals surface area contributed by atoms with E-state index in [1.54, 1.807) is 0 Å². The molecule has 6 aromatic carbocycles. The molecule has 0 unspecified atom stereocenters. The number of hydrogen-bond acceptors (Lipinski definition) is 4. The minimum atomic E-state index is -0.00538. The van der Waals surface area contributed by atoms with Gasteiger partial charge in [-0.2, -0.15) is 0 Å². The average Bonchev–Trinajstić information content (AvgIpc) is 3.64. The summed E-state index contributed by atoms with van der Waals surface area (Å²) in [6.45, 7) is -0.00538. The first-order valence-corrected chi connectivity index (χ1v) is 14.7. The van der Waals surface area contributed by atoms with E-state index in [0.29, 0.717) is 0 Å². The fraction of sp³-hybridized carbons (Fsp3) is 0. The van der Waals surface area contributed by atoms with Gasteiger partial charge in [-0.1, -0.05) is 78.9 Å². The SMILES string of the molecule is c1ccc(N2c3ccccc3B3c4c2cccc4N(c2ccccc2)c2oc4c(ccc5oc6ccccc6c54)c23)cc1. The molecule has 4 heterocycles. The smallest absolute Gasteiger partial charge is 0.257 e. The highest BCUT2D eigenvalue weighted by atomic mass is 16.4. The van der Waals surface area contributed by atoms with Crippen LogP contribution in [0.2, 0.25) is 0 Å². The second-order valence-corrected chi connectivity index (χ2v) is 11.3. The number of para-hydroxylation sites is 4. The second-order valence-electron chi connectivity index (χ2n) is 11.3. The van der Waals surface area contributed by atoms with E-state index in [2.05, 4.69) is 137 Å². The van der Waals surface area contributed by atoms with Crippen molar-refractivity contribution in [3.63, 3.8) is 0 Å². The topological polar surface area (TPSA) is 32.8 Å². The molecule has 0 spiro atoms. The summed E-state index contributed by atoms with van der Waals surface area (Å²) in [5.74, 6) is 0.858. The molecule has 0 amide bonds. The molecule has 0 aliphatic carbocycles. The van der Waals surface area contributed by atoms with Gasteiger partial charge in [0.2, 0.25) is 5.88 Å². The maximum atomic E-state index is 7.07. The lowest BCUT2D eigenvalue weighted by Gasteiger charge is -2.42. The van der Waals surface area contributed by atoms with E-state index in [-0.39, 0.29) is 6.71 Å². The quantitative estimate of drug-likeness (QED) is 0.202. The third-order valence-electron chi connectivity index (χ3n) is 9.05. The van der Waals surface area contributed by atoms with Gasteiger partial charge in [0.1, 0.15) is 16.7 Å². The van der Waals surface area contributed by atoms with Crippen LogP contribution in [-0.2, 0) is 0 Å². The maximum Gasteiger partial charge on any atom is 0.257 e. The van der Waals surface area contributed by atoms with E-state index in [1.807, 2.05) is 12.1 Å². The number of anilines is 6. The summed E-state index contributed by atoms with van der Waals surface area (Å²) in [7, 11) is 0. The summed E-state index contributed by atoms with van der Waals surface area (Å²) in [6.07, 6.45) is 0. The zero-order valence-electron chi connectivity index (χ0n) is 23.1. The lowest BCUT2D eigenvalue weighted by atomic mass is 9.33. The number of fused-ring (bicyclic) bond motifs is 10. The highest BCUT2D eigenvalue weighted by Gasteiger charge is 2.46. The normalized spacial score (nSPS) is 13.4.